The molecule has 0 aromatic rings. The Labute approximate surface area is 346 Å². The molecule has 0 aliphatic heterocycles. The molecule has 0 heterocycles. The molecule has 0 bridgehead atoms. The number of carbonyl (C=O) groups excluding carboxylic acids is 3. The summed E-state index contributed by atoms with van der Waals surface area (Å²) >= 11 is 0. The first-order chi connectivity index (χ1) is 27.1. The Hall–Kier alpha value is -1.93. The second-order valence-corrected chi connectivity index (χ2v) is 17.4. The zero-order chi connectivity index (χ0) is 41.4. The van der Waals surface area contributed by atoms with Crippen molar-refractivity contribution in [3.8, 4) is 0 Å². The fourth-order valence-electron chi connectivity index (χ4n) is 7.18. The standard InChI is InChI=1S/C48H91NO7/c1-6-8-10-12-14-16-17-18-19-20-21-22-23-24-25-26-27-28-29-31-33-35-37-39-47(51)56-44(42-54-41-40-45(48(52)53)49(3,4)5)43-55-46(50)38-36-34-32-30-15-13-11-9-7-2/h24-25,44-45H,6-23,26-43H2,1-5H3/b25-24+. The van der Waals surface area contributed by atoms with Gasteiger partial charge in [-0.05, 0) is 38.5 Å². The predicted molar refractivity (Wildman–Crippen MR) is 231 cm³/mol. The van der Waals surface area contributed by atoms with Crippen LogP contribution in [0, 0.1) is 0 Å². The zero-order valence-corrected chi connectivity index (χ0v) is 37.6. The molecular formula is C48H91NO7. The molecule has 0 radical (unpaired) electrons. The molecule has 8 nitrogen and oxygen atoms in total. The van der Waals surface area contributed by atoms with Crippen LogP contribution in [0.25, 0.3) is 0 Å². The van der Waals surface area contributed by atoms with Crippen LogP contribution in [0.5, 0.6) is 0 Å². The Balaban J connectivity index is 4.15. The maximum Gasteiger partial charge on any atom is 0.306 e. The van der Waals surface area contributed by atoms with E-state index < -0.39 is 18.1 Å². The van der Waals surface area contributed by atoms with Crippen LogP contribution in [0.3, 0.4) is 0 Å². The third-order valence-corrected chi connectivity index (χ3v) is 10.9. The summed E-state index contributed by atoms with van der Waals surface area (Å²) in [5.41, 5.74) is 0. The number of carbonyl (C=O) groups is 3. The highest BCUT2D eigenvalue weighted by Gasteiger charge is 2.25. The van der Waals surface area contributed by atoms with Crippen LogP contribution in [-0.2, 0) is 28.6 Å². The van der Waals surface area contributed by atoms with Gasteiger partial charge in [0.05, 0.1) is 40.3 Å². The van der Waals surface area contributed by atoms with Gasteiger partial charge in [0.2, 0.25) is 0 Å². The summed E-state index contributed by atoms with van der Waals surface area (Å²) in [5.74, 6) is -1.73. The topological polar surface area (TPSA) is 102 Å². The number of carboxylic acids is 1. The normalized spacial score (nSPS) is 12.9. The van der Waals surface area contributed by atoms with Gasteiger partial charge in [-0.3, -0.25) is 9.59 Å². The summed E-state index contributed by atoms with van der Waals surface area (Å²) in [5, 5.41) is 11.6. The van der Waals surface area contributed by atoms with Crippen LogP contribution >= 0.6 is 0 Å². The first kappa shape index (κ1) is 54.1. The van der Waals surface area contributed by atoms with Crippen LogP contribution in [0.1, 0.15) is 226 Å². The minimum atomic E-state index is -1.12. The molecule has 0 saturated carbocycles. The summed E-state index contributed by atoms with van der Waals surface area (Å²) < 4.78 is 17.2. The molecule has 2 atom stereocenters. The molecular weight excluding hydrogens is 703 g/mol. The van der Waals surface area contributed by atoms with Gasteiger partial charge >= 0.3 is 11.9 Å². The SMILES string of the molecule is CCCCCCCCCCCCCC/C=C/CCCCCCCCCC(=O)OC(COCCC(C(=O)[O-])[N+](C)(C)C)COC(=O)CCCCCCCCCCC. The van der Waals surface area contributed by atoms with Crippen LogP contribution in [0.15, 0.2) is 12.2 Å². The van der Waals surface area contributed by atoms with Crippen LogP contribution in [0.4, 0.5) is 0 Å². The summed E-state index contributed by atoms with van der Waals surface area (Å²) in [7, 11) is 5.41. The van der Waals surface area contributed by atoms with Gasteiger partial charge in [-0.2, -0.15) is 0 Å². The molecule has 56 heavy (non-hydrogen) atoms. The number of hydrogen-bond acceptors (Lipinski definition) is 7. The highest BCUT2D eigenvalue weighted by Crippen LogP contribution is 2.15. The summed E-state index contributed by atoms with van der Waals surface area (Å²) in [4.78, 5) is 36.8. The van der Waals surface area contributed by atoms with E-state index in [0.29, 0.717) is 12.8 Å². The molecule has 0 saturated heterocycles. The number of ether oxygens (including phenoxy) is 3. The van der Waals surface area contributed by atoms with Crippen molar-refractivity contribution >= 4 is 17.9 Å². The number of allylic oxidation sites excluding steroid dienone is 2. The van der Waals surface area contributed by atoms with Gasteiger partial charge in [0, 0.05) is 19.3 Å². The van der Waals surface area contributed by atoms with Crippen LogP contribution < -0.4 is 5.11 Å². The number of esters is 2. The number of nitrogens with zero attached hydrogens (tertiary/aromatic N) is 1. The molecule has 0 spiro atoms. The second kappa shape index (κ2) is 39.9. The van der Waals surface area contributed by atoms with E-state index in [4.69, 9.17) is 14.2 Å². The van der Waals surface area contributed by atoms with Crippen molar-refractivity contribution in [3.05, 3.63) is 12.2 Å². The van der Waals surface area contributed by atoms with Crippen molar-refractivity contribution in [2.75, 3.05) is 41.0 Å². The molecule has 0 aliphatic carbocycles. The van der Waals surface area contributed by atoms with Gasteiger partial charge in [0.25, 0.3) is 0 Å². The highest BCUT2D eigenvalue weighted by atomic mass is 16.6. The van der Waals surface area contributed by atoms with Crippen LogP contribution in [-0.4, -0.2) is 75.5 Å². The Morgan fingerprint density at radius 2 is 0.893 bits per heavy atom. The van der Waals surface area contributed by atoms with Gasteiger partial charge in [0.1, 0.15) is 12.6 Å². The first-order valence-corrected chi connectivity index (χ1v) is 23.7. The fraction of sp³-hybridized carbons (Fsp3) is 0.896. The Morgan fingerprint density at radius 1 is 0.518 bits per heavy atom. The van der Waals surface area contributed by atoms with Gasteiger partial charge < -0.3 is 28.6 Å². The van der Waals surface area contributed by atoms with Crippen molar-refractivity contribution in [2.24, 2.45) is 0 Å². The molecule has 8 heteroatoms. The summed E-state index contributed by atoms with van der Waals surface area (Å²) in [6, 6.07) is -0.721. The largest absolute Gasteiger partial charge is 0.544 e. The Bertz CT molecular complexity index is 931. The van der Waals surface area contributed by atoms with Crippen LogP contribution in [0.2, 0.25) is 0 Å². The number of unbranched alkanes of at least 4 members (excludes halogenated alkanes) is 27. The molecule has 0 aromatic heterocycles. The van der Waals surface area contributed by atoms with E-state index in [0.717, 1.165) is 38.5 Å². The third kappa shape index (κ3) is 37.6. The monoisotopic (exact) mass is 794 g/mol. The van der Waals surface area contributed by atoms with Crippen molar-refractivity contribution in [1.29, 1.82) is 0 Å². The number of likely N-dealkylation sites (N-methyl/N-ethyl adjacent to an activating group) is 1. The molecule has 2 unspecified atom stereocenters. The summed E-state index contributed by atoms with van der Waals surface area (Å²) in [6.45, 7) is 4.66. The Kier molecular flexibility index (Phi) is 38.5. The van der Waals surface area contributed by atoms with E-state index in [1.807, 2.05) is 0 Å². The van der Waals surface area contributed by atoms with Crippen molar-refractivity contribution in [3.63, 3.8) is 0 Å². The quantitative estimate of drug-likeness (QED) is 0.0262. The number of aliphatic carboxylic acids is 1. The maximum absolute atomic E-state index is 12.7. The molecule has 330 valence electrons. The highest BCUT2D eigenvalue weighted by molar-refractivity contribution is 5.70. The number of quaternary nitrogens is 1. The number of hydrogen-bond donors (Lipinski definition) is 0. The van der Waals surface area contributed by atoms with Gasteiger partial charge in [-0.1, -0.05) is 180 Å². The molecule has 0 aliphatic rings. The fourth-order valence-corrected chi connectivity index (χ4v) is 7.18. The molecule has 0 rings (SSSR count). The van der Waals surface area contributed by atoms with E-state index >= 15 is 0 Å². The molecule has 0 aromatic carbocycles. The average Bonchev–Trinajstić information content (AvgIpc) is 3.15. The summed E-state index contributed by atoms with van der Waals surface area (Å²) in [6.07, 6.45) is 42.5. The lowest BCUT2D eigenvalue weighted by atomic mass is 10.0. The smallest absolute Gasteiger partial charge is 0.306 e. The second-order valence-electron chi connectivity index (χ2n) is 17.4. The van der Waals surface area contributed by atoms with E-state index in [9.17, 15) is 19.5 Å². The molecule has 0 N–H and O–H groups in total. The molecule has 0 amide bonds. The zero-order valence-electron chi connectivity index (χ0n) is 37.6. The third-order valence-electron chi connectivity index (χ3n) is 10.9. The minimum absolute atomic E-state index is 0.0442. The van der Waals surface area contributed by atoms with E-state index in [1.54, 1.807) is 21.1 Å². The van der Waals surface area contributed by atoms with E-state index in [-0.39, 0.29) is 42.7 Å². The van der Waals surface area contributed by atoms with E-state index in [2.05, 4.69) is 26.0 Å². The lowest BCUT2D eigenvalue weighted by Gasteiger charge is -2.34. The minimum Gasteiger partial charge on any atom is -0.544 e. The lowest BCUT2D eigenvalue weighted by Crippen LogP contribution is -2.55. The van der Waals surface area contributed by atoms with Gasteiger partial charge in [-0.25, -0.2) is 0 Å². The lowest BCUT2D eigenvalue weighted by molar-refractivity contribution is -0.889. The van der Waals surface area contributed by atoms with E-state index in [1.165, 1.54) is 154 Å². The first-order valence-electron chi connectivity index (χ1n) is 23.7. The molecule has 0 fully saturated rings. The number of carboxylic acid groups (broad SMARTS) is 1. The average molecular weight is 794 g/mol. The van der Waals surface area contributed by atoms with Crippen molar-refractivity contribution in [1.82, 2.24) is 0 Å². The van der Waals surface area contributed by atoms with Crippen molar-refractivity contribution < 1.29 is 38.2 Å². The number of rotatable bonds is 43. The van der Waals surface area contributed by atoms with Gasteiger partial charge in [-0.15, -0.1) is 0 Å². The van der Waals surface area contributed by atoms with Crippen molar-refractivity contribution in [2.45, 2.75) is 238 Å². The maximum atomic E-state index is 12.7. The Morgan fingerprint density at radius 3 is 1.29 bits per heavy atom. The predicted octanol–water partition coefficient (Wildman–Crippen LogP) is 11.8. The van der Waals surface area contributed by atoms with Gasteiger partial charge in [0.15, 0.2) is 6.10 Å².